The van der Waals surface area contributed by atoms with Crippen LogP contribution in [0.25, 0.3) is 0 Å². The van der Waals surface area contributed by atoms with E-state index >= 15 is 0 Å². The first-order valence-electron chi connectivity index (χ1n) is 8.06. The summed E-state index contributed by atoms with van der Waals surface area (Å²) in [6, 6.07) is 3.83. The summed E-state index contributed by atoms with van der Waals surface area (Å²) in [4.78, 5) is 8.25. The molecule has 0 spiro atoms. The lowest BCUT2D eigenvalue weighted by molar-refractivity contribution is 0.0791. The van der Waals surface area contributed by atoms with Gasteiger partial charge in [-0.2, -0.15) is 0 Å². The molecule has 0 saturated heterocycles. The molecule has 0 atom stereocenters. The summed E-state index contributed by atoms with van der Waals surface area (Å²) < 4.78 is 29.5. The normalized spacial score (nSPS) is 16.4. The summed E-state index contributed by atoms with van der Waals surface area (Å²) in [7, 11) is 0. The molecule has 2 rings (SSSR count). The van der Waals surface area contributed by atoms with Crippen molar-refractivity contribution >= 4 is 29.9 Å². The number of hydrogen-bond acceptors (Lipinski definition) is 3. The summed E-state index contributed by atoms with van der Waals surface area (Å²) in [5.74, 6) is 0.555. The lowest BCUT2D eigenvalue weighted by atomic mass is 10.1. The van der Waals surface area contributed by atoms with Crippen LogP contribution in [0.15, 0.2) is 23.3 Å². The van der Waals surface area contributed by atoms with E-state index in [2.05, 4.69) is 15.3 Å². The molecule has 0 bridgehead atoms. The predicted octanol–water partition coefficient (Wildman–Crippen LogP) is 3.47. The standard InChI is InChI=1S/C16H24F2N4O.HI/c17-14(18)11-23-15-12(6-5-9-20-15)10-21-16(19)22-13-7-3-1-2-4-8-13;/h5-6,9,13-14H,1-4,7-8,10-11H2,(H3,19,21,22);1H. The Kier molecular flexibility index (Phi) is 9.89. The largest absolute Gasteiger partial charge is 0.471 e. The quantitative estimate of drug-likeness (QED) is 0.299. The highest BCUT2D eigenvalue weighted by Crippen LogP contribution is 2.18. The van der Waals surface area contributed by atoms with Gasteiger partial charge in [0.15, 0.2) is 12.6 Å². The van der Waals surface area contributed by atoms with Gasteiger partial charge in [0.05, 0.1) is 6.54 Å². The third-order valence-electron chi connectivity index (χ3n) is 3.82. The molecule has 0 radical (unpaired) electrons. The van der Waals surface area contributed by atoms with Crippen molar-refractivity contribution in [1.29, 1.82) is 0 Å². The molecule has 3 N–H and O–H groups in total. The number of nitrogens with zero attached hydrogens (tertiary/aromatic N) is 2. The minimum Gasteiger partial charge on any atom is -0.471 e. The van der Waals surface area contributed by atoms with Crippen molar-refractivity contribution in [2.45, 2.75) is 57.5 Å². The Morgan fingerprint density at radius 2 is 2.04 bits per heavy atom. The second kappa shape index (κ2) is 11.4. The van der Waals surface area contributed by atoms with Crippen LogP contribution in [-0.4, -0.2) is 30.0 Å². The van der Waals surface area contributed by atoms with E-state index in [-0.39, 0.29) is 36.4 Å². The lowest BCUT2D eigenvalue weighted by Crippen LogP contribution is -2.39. The zero-order chi connectivity index (χ0) is 16.5. The Morgan fingerprint density at radius 3 is 2.71 bits per heavy atom. The first-order chi connectivity index (χ1) is 11.1. The second-order valence-electron chi connectivity index (χ2n) is 5.70. The fourth-order valence-corrected chi connectivity index (χ4v) is 2.67. The molecule has 8 heteroatoms. The molecular formula is C16H25F2IN4O. The number of aromatic nitrogens is 1. The summed E-state index contributed by atoms with van der Waals surface area (Å²) in [6.07, 6.45) is 6.14. The van der Waals surface area contributed by atoms with Crippen molar-refractivity contribution in [2.75, 3.05) is 6.61 Å². The molecular weight excluding hydrogens is 429 g/mol. The monoisotopic (exact) mass is 454 g/mol. The van der Waals surface area contributed by atoms with Gasteiger partial charge in [0.2, 0.25) is 5.88 Å². The molecule has 0 amide bonds. The maximum absolute atomic E-state index is 12.2. The van der Waals surface area contributed by atoms with Crippen molar-refractivity contribution in [2.24, 2.45) is 10.7 Å². The molecule has 1 fully saturated rings. The maximum atomic E-state index is 12.2. The summed E-state index contributed by atoms with van der Waals surface area (Å²) in [5.41, 5.74) is 6.57. The van der Waals surface area contributed by atoms with Crippen LogP contribution in [0.4, 0.5) is 8.78 Å². The number of aliphatic imine (C=N–C) groups is 1. The molecule has 1 saturated carbocycles. The number of nitrogens with one attached hydrogen (secondary N) is 1. The number of pyridine rings is 1. The number of hydrogen-bond donors (Lipinski definition) is 2. The highest BCUT2D eigenvalue weighted by atomic mass is 127. The molecule has 136 valence electrons. The number of ether oxygens (including phenoxy) is 1. The maximum Gasteiger partial charge on any atom is 0.272 e. The topological polar surface area (TPSA) is 72.5 Å². The van der Waals surface area contributed by atoms with Crippen LogP contribution in [0.3, 0.4) is 0 Å². The molecule has 1 aromatic rings. The van der Waals surface area contributed by atoms with E-state index in [0.717, 1.165) is 12.8 Å². The van der Waals surface area contributed by atoms with Gasteiger partial charge < -0.3 is 15.8 Å². The van der Waals surface area contributed by atoms with Crippen LogP contribution in [0.2, 0.25) is 0 Å². The van der Waals surface area contributed by atoms with E-state index in [1.165, 1.54) is 31.9 Å². The van der Waals surface area contributed by atoms with Crippen LogP contribution in [-0.2, 0) is 6.54 Å². The van der Waals surface area contributed by atoms with Crippen LogP contribution in [0.5, 0.6) is 5.88 Å². The number of halogens is 3. The van der Waals surface area contributed by atoms with Gasteiger partial charge in [-0.3, -0.25) is 0 Å². The third-order valence-corrected chi connectivity index (χ3v) is 3.82. The second-order valence-corrected chi connectivity index (χ2v) is 5.70. The van der Waals surface area contributed by atoms with Gasteiger partial charge in [-0.05, 0) is 18.9 Å². The Hall–Kier alpha value is -1.19. The van der Waals surface area contributed by atoms with Crippen LogP contribution >= 0.6 is 24.0 Å². The van der Waals surface area contributed by atoms with Gasteiger partial charge in [0.1, 0.15) is 0 Å². The number of guanidine groups is 1. The fourth-order valence-electron chi connectivity index (χ4n) is 2.67. The first-order valence-corrected chi connectivity index (χ1v) is 8.06. The number of alkyl halides is 2. The van der Waals surface area contributed by atoms with Crippen LogP contribution < -0.4 is 15.8 Å². The fraction of sp³-hybridized carbons (Fsp3) is 0.625. The molecule has 1 aliphatic carbocycles. The smallest absolute Gasteiger partial charge is 0.272 e. The highest BCUT2D eigenvalue weighted by Gasteiger charge is 2.13. The average Bonchev–Trinajstić information content (AvgIpc) is 2.80. The summed E-state index contributed by atoms with van der Waals surface area (Å²) >= 11 is 0. The molecule has 1 aliphatic rings. The van der Waals surface area contributed by atoms with Crippen molar-refractivity contribution < 1.29 is 13.5 Å². The SMILES string of the molecule is I.NC(=NCc1cccnc1OCC(F)F)NC1CCCCCC1. The van der Waals surface area contributed by atoms with E-state index in [1.54, 1.807) is 12.1 Å². The Morgan fingerprint density at radius 1 is 1.33 bits per heavy atom. The Labute approximate surface area is 158 Å². The summed E-state index contributed by atoms with van der Waals surface area (Å²) in [6.45, 7) is -0.429. The van der Waals surface area contributed by atoms with Crippen LogP contribution in [0.1, 0.15) is 44.1 Å². The van der Waals surface area contributed by atoms with Crippen LogP contribution in [0, 0.1) is 0 Å². The van der Waals surface area contributed by atoms with Gasteiger partial charge in [0.25, 0.3) is 6.43 Å². The Balaban J connectivity index is 0.00000288. The molecule has 0 aromatic carbocycles. The van der Waals surface area contributed by atoms with Gasteiger partial charge >= 0.3 is 0 Å². The minimum atomic E-state index is -2.53. The zero-order valence-electron chi connectivity index (χ0n) is 13.6. The average molecular weight is 454 g/mol. The number of nitrogens with two attached hydrogens (primary N) is 1. The molecule has 24 heavy (non-hydrogen) atoms. The summed E-state index contributed by atoms with van der Waals surface area (Å²) in [5, 5.41) is 3.25. The minimum absolute atomic E-state index is 0. The van der Waals surface area contributed by atoms with Crippen molar-refractivity contribution in [3.05, 3.63) is 23.9 Å². The molecule has 0 unspecified atom stereocenters. The molecule has 5 nitrogen and oxygen atoms in total. The van der Waals surface area contributed by atoms with Gasteiger partial charge in [-0.1, -0.05) is 31.7 Å². The van der Waals surface area contributed by atoms with Gasteiger partial charge in [0, 0.05) is 17.8 Å². The lowest BCUT2D eigenvalue weighted by Gasteiger charge is -2.16. The van der Waals surface area contributed by atoms with Gasteiger partial charge in [-0.15, -0.1) is 24.0 Å². The first kappa shape index (κ1) is 20.9. The van der Waals surface area contributed by atoms with E-state index in [4.69, 9.17) is 10.5 Å². The van der Waals surface area contributed by atoms with Crippen molar-refractivity contribution in [3.63, 3.8) is 0 Å². The van der Waals surface area contributed by atoms with E-state index in [1.807, 2.05) is 0 Å². The van der Waals surface area contributed by atoms with E-state index in [9.17, 15) is 8.78 Å². The molecule has 0 aliphatic heterocycles. The van der Waals surface area contributed by atoms with Gasteiger partial charge in [-0.25, -0.2) is 18.8 Å². The van der Waals surface area contributed by atoms with Crippen molar-refractivity contribution in [3.8, 4) is 5.88 Å². The van der Waals surface area contributed by atoms with E-state index in [0.29, 0.717) is 17.6 Å². The zero-order valence-corrected chi connectivity index (χ0v) is 15.9. The Bertz CT molecular complexity index is 509. The highest BCUT2D eigenvalue weighted by molar-refractivity contribution is 14.0. The van der Waals surface area contributed by atoms with Crippen molar-refractivity contribution in [1.82, 2.24) is 10.3 Å². The third kappa shape index (κ3) is 7.59. The number of rotatable bonds is 6. The molecule has 1 heterocycles. The van der Waals surface area contributed by atoms with E-state index < -0.39 is 13.0 Å². The molecule has 1 aromatic heterocycles. The predicted molar refractivity (Wildman–Crippen MR) is 101 cm³/mol.